The molecule has 2 aromatic carbocycles. The standard InChI is InChI=1S/C19H14Br2FN3OS/c1-2-7-23-19-25(17(11-27-19)13-3-5-14(22)6-4-13)24-10-12-8-15(20)18(26)16(21)9-12/h2-6,8-11,26H,1,7H2. The zero-order valence-corrected chi connectivity index (χ0v) is 17.9. The third-order valence-corrected chi connectivity index (χ3v) is 5.61. The van der Waals surface area contributed by atoms with Crippen LogP contribution in [0.5, 0.6) is 5.75 Å². The molecule has 0 unspecified atom stereocenters. The molecule has 138 valence electrons. The monoisotopic (exact) mass is 509 g/mol. The van der Waals surface area contributed by atoms with Crippen LogP contribution in [0, 0.1) is 5.82 Å². The Kier molecular flexibility index (Phi) is 6.41. The van der Waals surface area contributed by atoms with Gasteiger partial charge in [0.2, 0.25) is 4.80 Å². The molecule has 3 rings (SSSR count). The SMILES string of the molecule is C=CCN=c1scc(-c2ccc(F)cc2)n1N=Cc1cc(Br)c(O)c(Br)c1. The number of phenols is 1. The van der Waals surface area contributed by atoms with Crippen molar-refractivity contribution in [1.82, 2.24) is 4.68 Å². The van der Waals surface area contributed by atoms with Crippen LogP contribution >= 0.6 is 43.2 Å². The molecule has 0 saturated heterocycles. The Bertz CT molecular complexity index is 1050. The van der Waals surface area contributed by atoms with Gasteiger partial charge in [-0.1, -0.05) is 6.08 Å². The van der Waals surface area contributed by atoms with Gasteiger partial charge in [-0.05, 0) is 73.8 Å². The van der Waals surface area contributed by atoms with Gasteiger partial charge in [0.25, 0.3) is 0 Å². The van der Waals surface area contributed by atoms with Gasteiger partial charge in [0.05, 0.1) is 27.4 Å². The molecule has 0 aliphatic rings. The van der Waals surface area contributed by atoms with Crippen molar-refractivity contribution in [3.05, 3.63) is 79.6 Å². The van der Waals surface area contributed by atoms with Gasteiger partial charge in [0.1, 0.15) is 11.6 Å². The lowest BCUT2D eigenvalue weighted by atomic mass is 10.2. The first kappa shape index (κ1) is 19.7. The fourth-order valence-electron chi connectivity index (χ4n) is 2.26. The van der Waals surface area contributed by atoms with Crippen molar-refractivity contribution in [2.45, 2.75) is 0 Å². The van der Waals surface area contributed by atoms with Crippen molar-refractivity contribution in [2.75, 3.05) is 6.54 Å². The van der Waals surface area contributed by atoms with Crippen LogP contribution in [0.4, 0.5) is 4.39 Å². The average Bonchev–Trinajstić information content (AvgIpc) is 3.06. The van der Waals surface area contributed by atoms with Gasteiger partial charge in [0.15, 0.2) is 0 Å². The second kappa shape index (κ2) is 8.77. The molecule has 0 aliphatic heterocycles. The van der Waals surface area contributed by atoms with E-state index in [0.717, 1.165) is 16.8 Å². The largest absolute Gasteiger partial charge is 0.506 e. The lowest BCUT2D eigenvalue weighted by molar-refractivity contribution is 0.468. The highest BCUT2D eigenvalue weighted by Crippen LogP contribution is 2.32. The van der Waals surface area contributed by atoms with Gasteiger partial charge >= 0.3 is 0 Å². The number of benzene rings is 2. The van der Waals surface area contributed by atoms with Crippen LogP contribution in [0.3, 0.4) is 0 Å². The van der Waals surface area contributed by atoms with Crippen molar-refractivity contribution in [3.63, 3.8) is 0 Å². The quantitative estimate of drug-likeness (QED) is 0.354. The fourth-order valence-corrected chi connectivity index (χ4v) is 4.33. The Balaban J connectivity index is 2.08. The molecule has 0 amide bonds. The molecular weight excluding hydrogens is 497 g/mol. The van der Waals surface area contributed by atoms with Crippen LogP contribution in [0.15, 0.2) is 73.5 Å². The van der Waals surface area contributed by atoms with Crippen molar-refractivity contribution >= 4 is 49.4 Å². The molecule has 1 N–H and O–H groups in total. The van der Waals surface area contributed by atoms with E-state index in [4.69, 9.17) is 0 Å². The summed E-state index contributed by atoms with van der Waals surface area (Å²) in [7, 11) is 0. The highest BCUT2D eigenvalue weighted by atomic mass is 79.9. The van der Waals surface area contributed by atoms with Gasteiger partial charge in [-0.25, -0.2) is 9.07 Å². The second-order valence-electron chi connectivity index (χ2n) is 5.43. The summed E-state index contributed by atoms with van der Waals surface area (Å²) in [6.07, 6.45) is 3.38. The highest BCUT2D eigenvalue weighted by Gasteiger charge is 2.08. The normalized spacial score (nSPS) is 12.0. The van der Waals surface area contributed by atoms with E-state index in [1.54, 1.807) is 41.2 Å². The molecule has 1 aromatic heterocycles. The summed E-state index contributed by atoms with van der Waals surface area (Å²) in [5.41, 5.74) is 2.42. The number of thiazole rings is 1. The summed E-state index contributed by atoms with van der Waals surface area (Å²) >= 11 is 8.06. The van der Waals surface area contributed by atoms with E-state index in [1.165, 1.54) is 23.5 Å². The third kappa shape index (κ3) is 4.63. The number of rotatable bonds is 5. The van der Waals surface area contributed by atoms with Crippen LogP contribution in [0.2, 0.25) is 0 Å². The Morgan fingerprint density at radius 3 is 2.48 bits per heavy atom. The van der Waals surface area contributed by atoms with E-state index in [0.29, 0.717) is 20.3 Å². The minimum atomic E-state index is -0.292. The summed E-state index contributed by atoms with van der Waals surface area (Å²) in [5.74, 6) is -0.164. The van der Waals surface area contributed by atoms with E-state index < -0.39 is 0 Å². The molecule has 0 bridgehead atoms. The summed E-state index contributed by atoms with van der Waals surface area (Å²) < 4.78 is 16.1. The zero-order valence-electron chi connectivity index (χ0n) is 13.9. The zero-order chi connectivity index (χ0) is 19.4. The molecule has 0 radical (unpaired) electrons. The van der Waals surface area contributed by atoms with Gasteiger partial charge in [-0.15, -0.1) is 17.9 Å². The molecule has 0 saturated carbocycles. The molecule has 0 spiro atoms. The van der Waals surface area contributed by atoms with E-state index in [2.05, 4.69) is 48.5 Å². The van der Waals surface area contributed by atoms with Crippen LogP contribution in [0.25, 0.3) is 11.3 Å². The minimum Gasteiger partial charge on any atom is -0.506 e. The predicted molar refractivity (Wildman–Crippen MR) is 115 cm³/mol. The summed E-state index contributed by atoms with van der Waals surface area (Å²) in [4.78, 5) is 5.16. The van der Waals surface area contributed by atoms with Gasteiger partial charge < -0.3 is 5.11 Å². The van der Waals surface area contributed by atoms with E-state index in [-0.39, 0.29) is 11.6 Å². The molecule has 3 aromatic rings. The van der Waals surface area contributed by atoms with Gasteiger partial charge in [0, 0.05) is 10.9 Å². The first-order valence-electron chi connectivity index (χ1n) is 7.80. The van der Waals surface area contributed by atoms with Crippen molar-refractivity contribution in [2.24, 2.45) is 10.1 Å². The van der Waals surface area contributed by atoms with Crippen LogP contribution in [-0.2, 0) is 0 Å². The van der Waals surface area contributed by atoms with E-state index in [1.807, 2.05) is 5.38 Å². The van der Waals surface area contributed by atoms with Crippen LogP contribution < -0.4 is 4.80 Å². The highest BCUT2D eigenvalue weighted by molar-refractivity contribution is 9.11. The Hall–Kier alpha value is -2.03. The van der Waals surface area contributed by atoms with Gasteiger partial charge in [-0.2, -0.15) is 5.10 Å². The third-order valence-electron chi connectivity index (χ3n) is 3.54. The molecule has 1 heterocycles. The minimum absolute atomic E-state index is 0.129. The van der Waals surface area contributed by atoms with Crippen molar-refractivity contribution in [1.29, 1.82) is 0 Å². The molecule has 0 aliphatic carbocycles. The first-order valence-corrected chi connectivity index (χ1v) is 10.3. The molecule has 0 atom stereocenters. The van der Waals surface area contributed by atoms with Crippen molar-refractivity contribution in [3.8, 4) is 17.0 Å². The van der Waals surface area contributed by atoms with E-state index in [9.17, 15) is 9.50 Å². The number of aromatic hydroxyl groups is 1. The maximum absolute atomic E-state index is 13.3. The fraction of sp³-hybridized carbons (Fsp3) is 0.0526. The van der Waals surface area contributed by atoms with Crippen LogP contribution in [-0.4, -0.2) is 22.5 Å². The first-order chi connectivity index (χ1) is 13.0. The second-order valence-corrected chi connectivity index (χ2v) is 7.97. The average molecular weight is 511 g/mol. The maximum Gasteiger partial charge on any atom is 0.206 e. The smallest absolute Gasteiger partial charge is 0.206 e. The summed E-state index contributed by atoms with van der Waals surface area (Å²) in [6.45, 7) is 4.16. The number of nitrogens with zero attached hydrogens (tertiary/aromatic N) is 3. The molecule has 27 heavy (non-hydrogen) atoms. The molecule has 8 heteroatoms. The predicted octanol–water partition coefficient (Wildman–Crippen LogP) is 5.56. The maximum atomic E-state index is 13.3. The Labute approximate surface area is 176 Å². The topological polar surface area (TPSA) is 49.9 Å². The number of aromatic nitrogens is 1. The summed E-state index contributed by atoms with van der Waals surface area (Å²) in [6, 6.07) is 9.75. The number of hydrogen-bond donors (Lipinski definition) is 1. The lowest BCUT2D eigenvalue weighted by Crippen LogP contribution is -2.12. The summed E-state index contributed by atoms with van der Waals surface area (Å²) in [5, 5.41) is 16.3. The molecule has 0 fully saturated rings. The molecule has 4 nitrogen and oxygen atoms in total. The van der Waals surface area contributed by atoms with Crippen LogP contribution in [0.1, 0.15) is 5.56 Å². The number of hydrogen-bond acceptors (Lipinski definition) is 4. The lowest BCUT2D eigenvalue weighted by Gasteiger charge is -2.05. The number of halogens is 3. The number of phenolic OH excluding ortho intramolecular Hbond substituents is 1. The van der Waals surface area contributed by atoms with E-state index >= 15 is 0 Å². The van der Waals surface area contributed by atoms with Crippen molar-refractivity contribution < 1.29 is 9.50 Å². The Morgan fingerprint density at radius 2 is 1.85 bits per heavy atom. The Morgan fingerprint density at radius 1 is 1.19 bits per heavy atom. The molecular formula is C19H14Br2FN3OS. The van der Waals surface area contributed by atoms with Gasteiger partial charge in [-0.3, -0.25) is 4.99 Å².